The predicted molar refractivity (Wildman–Crippen MR) is 13.5 cm³/mol. The standard InChI is InChI=1S/CHNO4.Hg/c3-1(4)2(5)6;/h(H,3,4);/q;+1/p-1. The molecule has 35 valence electrons. The van der Waals surface area contributed by atoms with Gasteiger partial charge in [0.05, 0.1) is 0 Å². The van der Waals surface area contributed by atoms with Crippen LogP contribution in [0.15, 0.2) is 0 Å². The van der Waals surface area contributed by atoms with E-state index in [0.29, 0.717) is 0 Å². The van der Waals surface area contributed by atoms with Crippen molar-refractivity contribution in [1.29, 1.82) is 0 Å². The summed E-state index contributed by atoms with van der Waals surface area (Å²) in [5.74, 6) is 0. The van der Waals surface area contributed by atoms with Crippen LogP contribution in [0.2, 0.25) is 0 Å². The zero-order valence-corrected chi connectivity index (χ0v) is 8.79. The Morgan fingerprint density at radius 2 is 2.29 bits per heavy atom. The van der Waals surface area contributed by atoms with E-state index in [4.69, 9.17) is 0 Å². The Labute approximate surface area is 55.4 Å². The van der Waals surface area contributed by atoms with E-state index in [2.05, 4.69) is 2.64 Å². The van der Waals surface area contributed by atoms with Gasteiger partial charge in [-0.3, -0.25) is 0 Å². The van der Waals surface area contributed by atoms with Crippen LogP contribution >= 0.6 is 0 Å². The second kappa shape index (κ2) is 2.89. The predicted octanol–water partition coefficient (Wildman–Crippen LogP) is -0.139. The first kappa shape index (κ1) is 6.81. The third-order valence-corrected chi connectivity index (χ3v) is 1.23. The maximum atomic E-state index is 9.64. The number of rotatable bonds is 0. The second-order valence-corrected chi connectivity index (χ2v) is 1.79. The molecule has 0 N–H and O–H groups in total. The van der Waals surface area contributed by atoms with Crippen molar-refractivity contribution in [3.8, 4) is 0 Å². The fraction of sp³-hybridized carbons (Fsp3) is 0. The van der Waals surface area contributed by atoms with Crippen LogP contribution in [0.4, 0.5) is 4.79 Å². The molecule has 0 spiro atoms. The molecule has 7 heavy (non-hydrogen) atoms. The summed E-state index contributed by atoms with van der Waals surface area (Å²) in [7, 11) is 0. The first-order valence-corrected chi connectivity index (χ1v) is 3.53. The molecule has 0 radical (unpaired) electrons. The van der Waals surface area contributed by atoms with Gasteiger partial charge in [-0.2, -0.15) is 0 Å². The monoisotopic (exact) mass is 292 g/mol. The molecule has 0 unspecified atom stereocenters. The Hall–Kier alpha value is -0.195. The van der Waals surface area contributed by atoms with Crippen molar-refractivity contribution in [3.63, 3.8) is 0 Å². The van der Waals surface area contributed by atoms with Gasteiger partial charge in [0.25, 0.3) is 0 Å². The number of carbonyl (C=O) groups excluding carboxylic acids is 1. The molecule has 0 saturated heterocycles. The summed E-state index contributed by atoms with van der Waals surface area (Å²) in [6.45, 7) is 0. The van der Waals surface area contributed by atoms with Crippen molar-refractivity contribution >= 4 is 6.09 Å². The summed E-state index contributed by atoms with van der Waals surface area (Å²) in [5.41, 5.74) is 0. The van der Waals surface area contributed by atoms with Crippen molar-refractivity contribution < 1.29 is 38.9 Å². The summed E-state index contributed by atoms with van der Waals surface area (Å²) < 4.78 is 3.87. The van der Waals surface area contributed by atoms with E-state index < -0.39 is 11.0 Å². The molecule has 0 fully saturated rings. The van der Waals surface area contributed by atoms with Gasteiger partial charge in [0, 0.05) is 0 Å². The van der Waals surface area contributed by atoms with Crippen LogP contribution in [0.5, 0.6) is 0 Å². The van der Waals surface area contributed by atoms with E-state index in [-0.39, 0.29) is 26.6 Å². The average Bonchev–Trinajstić information content (AvgIpc) is 1.65. The van der Waals surface area contributed by atoms with Crippen LogP contribution in [0.1, 0.15) is 0 Å². The summed E-state index contributed by atoms with van der Waals surface area (Å²) in [5, 5.41) is 9.29. The molecule has 0 atom stereocenters. The third-order valence-electron chi connectivity index (χ3n) is 0.273. The molecule has 0 rings (SSSR count). The van der Waals surface area contributed by atoms with Crippen molar-refractivity contribution in [2.45, 2.75) is 0 Å². The van der Waals surface area contributed by atoms with Crippen molar-refractivity contribution in [2.24, 2.45) is 0 Å². The van der Waals surface area contributed by atoms with Crippen LogP contribution < -0.4 is 0 Å². The Morgan fingerprint density at radius 1 is 1.86 bits per heavy atom. The number of amides is 1. The molecule has 0 aromatic rings. The number of hydrogen-bond acceptors (Lipinski definition) is 4. The molecule has 0 bridgehead atoms. The first-order valence-electron chi connectivity index (χ1n) is 1.29. The Balaban J connectivity index is 3.58. The van der Waals surface area contributed by atoms with E-state index >= 15 is 0 Å². The third kappa shape index (κ3) is 2.49. The Bertz CT molecular complexity index is 99.9. The molecule has 0 aliphatic heterocycles. The topological polar surface area (TPSA) is 69.4 Å². The van der Waals surface area contributed by atoms with E-state index in [1.54, 1.807) is 0 Å². The van der Waals surface area contributed by atoms with Gasteiger partial charge in [-0.25, -0.2) is 0 Å². The number of nitro groups is 1. The molecular formula is CHgNO4. The second-order valence-electron chi connectivity index (χ2n) is 0.667. The van der Waals surface area contributed by atoms with Gasteiger partial charge in [-0.05, 0) is 0 Å². The molecule has 0 aromatic carbocycles. The van der Waals surface area contributed by atoms with Gasteiger partial charge >= 0.3 is 55.1 Å². The molecule has 0 aromatic heterocycles. The van der Waals surface area contributed by atoms with Crippen LogP contribution in [0.3, 0.4) is 0 Å². The Kier molecular flexibility index (Phi) is 2.81. The summed E-state index contributed by atoms with van der Waals surface area (Å²) in [6, 6.07) is 0. The van der Waals surface area contributed by atoms with Crippen LogP contribution in [-0.4, -0.2) is 11.0 Å². The van der Waals surface area contributed by atoms with Gasteiger partial charge < -0.3 is 0 Å². The molecule has 0 saturated carbocycles. The zero-order chi connectivity index (χ0) is 5.86. The van der Waals surface area contributed by atoms with Crippen molar-refractivity contribution in [2.75, 3.05) is 0 Å². The summed E-state index contributed by atoms with van der Waals surface area (Å²) in [4.78, 5) is 17.8. The van der Waals surface area contributed by atoms with Gasteiger partial charge in [-0.15, -0.1) is 0 Å². The van der Waals surface area contributed by atoms with Gasteiger partial charge in [0.15, 0.2) is 0 Å². The van der Waals surface area contributed by atoms with E-state index in [1.807, 2.05) is 0 Å². The quantitative estimate of drug-likeness (QED) is 0.354. The van der Waals surface area contributed by atoms with Crippen LogP contribution in [-0.2, 0) is 29.2 Å². The number of hydrogen-bond donors (Lipinski definition) is 0. The molecule has 6 heteroatoms. The normalized spacial score (nSPS) is 7.71. The maximum absolute atomic E-state index is 9.64. The van der Waals surface area contributed by atoms with Crippen LogP contribution in [0.25, 0.3) is 0 Å². The Morgan fingerprint density at radius 3 is 2.29 bits per heavy atom. The number of nitrogens with zero attached hydrogens (tertiary/aromatic N) is 1. The summed E-state index contributed by atoms with van der Waals surface area (Å²) in [6.07, 6.45) is -1.34. The molecule has 5 nitrogen and oxygen atoms in total. The van der Waals surface area contributed by atoms with E-state index in [1.165, 1.54) is 0 Å². The van der Waals surface area contributed by atoms with Crippen molar-refractivity contribution in [3.05, 3.63) is 10.1 Å². The van der Waals surface area contributed by atoms with Gasteiger partial charge in [-0.1, -0.05) is 0 Å². The van der Waals surface area contributed by atoms with Crippen LogP contribution in [0, 0.1) is 10.1 Å². The van der Waals surface area contributed by atoms with Gasteiger partial charge in [0.1, 0.15) is 0 Å². The minimum absolute atomic E-state index is 0.269. The summed E-state index contributed by atoms with van der Waals surface area (Å²) >= 11 is -0.269. The molecule has 0 heterocycles. The van der Waals surface area contributed by atoms with Gasteiger partial charge in [0.2, 0.25) is 0 Å². The van der Waals surface area contributed by atoms with Crippen molar-refractivity contribution in [1.82, 2.24) is 0 Å². The average molecular weight is 291 g/mol. The molecule has 1 amide bonds. The number of carbonyl (C=O) groups is 1. The SMILES string of the molecule is O=C([O][Hg])[N+](=O)[O-]. The minimum atomic E-state index is -1.34. The molecule has 0 aliphatic rings. The van der Waals surface area contributed by atoms with E-state index in [9.17, 15) is 14.9 Å². The zero-order valence-electron chi connectivity index (χ0n) is 3.29. The molecule has 0 aliphatic carbocycles. The first-order chi connectivity index (χ1) is 3.18. The van der Waals surface area contributed by atoms with E-state index in [0.717, 1.165) is 0 Å². The molecular weight excluding hydrogens is 291 g/mol. The fourth-order valence-electron chi connectivity index (χ4n) is 0.0527. The fourth-order valence-corrected chi connectivity index (χ4v) is 0.462.